The fourth-order valence-corrected chi connectivity index (χ4v) is 2.56. The molecule has 3 nitrogen and oxygen atoms in total. The van der Waals surface area contributed by atoms with Gasteiger partial charge in [0.2, 0.25) is 0 Å². The van der Waals surface area contributed by atoms with Gasteiger partial charge in [-0.1, -0.05) is 0 Å². The molecule has 0 radical (unpaired) electrons. The minimum Gasteiger partial charge on any atom is -0.316 e. The molecule has 2 aliphatic heterocycles. The highest BCUT2D eigenvalue weighted by Gasteiger charge is 2.30. The van der Waals surface area contributed by atoms with E-state index in [4.69, 9.17) is 0 Å². The Morgan fingerprint density at radius 1 is 1.15 bits per heavy atom. The predicted octanol–water partition coefficient (Wildman–Crippen LogP) is -0.0158. The van der Waals surface area contributed by atoms with Crippen molar-refractivity contribution in [2.45, 2.75) is 24.9 Å². The number of nitrogens with one attached hydrogen (secondary N) is 1. The molecule has 2 saturated heterocycles. The van der Waals surface area contributed by atoms with Crippen molar-refractivity contribution in [2.24, 2.45) is 0 Å². The first-order valence-electron chi connectivity index (χ1n) is 5.39. The Kier molecular flexibility index (Phi) is 2.86. The molecule has 2 unspecified atom stereocenters. The monoisotopic (exact) mass is 183 g/mol. The van der Waals surface area contributed by atoms with Crippen molar-refractivity contribution in [3.8, 4) is 0 Å². The summed E-state index contributed by atoms with van der Waals surface area (Å²) in [6.07, 6.45) is 2.70. The average molecular weight is 183 g/mol. The summed E-state index contributed by atoms with van der Waals surface area (Å²) >= 11 is 0. The van der Waals surface area contributed by atoms with Gasteiger partial charge in [-0.15, -0.1) is 0 Å². The van der Waals surface area contributed by atoms with Gasteiger partial charge in [0.1, 0.15) is 0 Å². The third-order valence-corrected chi connectivity index (χ3v) is 3.51. The van der Waals surface area contributed by atoms with Crippen molar-refractivity contribution >= 4 is 0 Å². The third-order valence-electron chi connectivity index (χ3n) is 3.51. The zero-order valence-electron chi connectivity index (χ0n) is 8.79. The van der Waals surface area contributed by atoms with Gasteiger partial charge in [-0.2, -0.15) is 0 Å². The van der Waals surface area contributed by atoms with Crippen molar-refractivity contribution in [3.05, 3.63) is 0 Å². The van der Waals surface area contributed by atoms with Crippen LogP contribution >= 0.6 is 0 Å². The highest BCUT2D eigenvalue weighted by atomic mass is 15.3. The minimum absolute atomic E-state index is 0.742. The Labute approximate surface area is 81.1 Å². The second-order valence-electron chi connectivity index (χ2n) is 4.47. The fourth-order valence-electron chi connectivity index (χ4n) is 2.56. The summed E-state index contributed by atoms with van der Waals surface area (Å²) in [4.78, 5) is 5.10. The van der Waals surface area contributed by atoms with Crippen LogP contribution in [0.25, 0.3) is 0 Å². The first kappa shape index (κ1) is 9.44. The first-order valence-corrected chi connectivity index (χ1v) is 5.39. The molecule has 2 rings (SSSR count). The van der Waals surface area contributed by atoms with Crippen LogP contribution in [0.15, 0.2) is 0 Å². The van der Waals surface area contributed by atoms with Crippen molar-refractivity contribution < 1.29 is 0 Å². The van der Waals surface area contributed by atoms with E-state index >= 15 is 0 Å². The number of rotatable bonds is 2. The summed E-state index contributed by atoms with van der Waals surface area (Å²) in [7, 11) is 4.31. The molecular weight excluding hydrogens is 162 g/mol. The maximum Gasteiger partial charge on any atom is 0.0235 e. The van der Waals surface area contributed by atoms with Gasteiger partial charge in [-0.25, -0.2) is 0 Å². The lowest BCUT2D eigenvalue weighted by Crippen LogP contribution is -2.37. The largest absolute Gasteiger partial charge is 0.316 e. The number of likely N-dealkylation sites (N-methyl/N-ethyl adjacent to an activating group) is 2. The number of likely N-dealkylation sites (tertiary alicyclic amines) is 2. The summed E-state index contributed by atoms with van der Waals surface area (Å²) in [6.45, 7) is 5.11. The van der Waals surface area contributed by atoms with E-state index in [9.17, 15) is 0 Å². The summed E-state index contributed by atoms with van der Waals surface area (Å²) < 4.78 is 0. The predicted molar refractivity (Wildman–Crippen MR) is 54.9 cm³/mol. The van der Waals surface area contributed by atoms with Crippen LogP contribution < -0.4 is 5.32 Å². The van der Waals surface area contributed by atoms with Crippen LogP contribution in [0.4, 0.5) is 0 Å². The molecular formula is C10H21N3. The summed E-state index contributed by atoms with van der Waals surface area (Å²) in [6, 6.07) is 1.58. The van der Waals surface area contributed by atoms with Gasteiger partial charge in [0, 0.05) is 31.7 Å². The molecule has 1 N–H and O–H groups in total. The van der Waals surface area contributed by atoms with Gasteiger partial charge < -0.3 is 10.2 Å². The standard InChI is InChI=1S/C10H21N3/c1-11-9-3-6-13(7-9)10-4-5-12(2)8-10/h9-11H,3-8H2,1-2H3. The molecule has 2 heterocycles. The molecule has 0 aromatic carbocycles. The normalized spacial score (nSPS) is 37.4. The summed E-state index contributed by atoms with van der Waals surface area (Å²) in [5.41, 5.74) is 0. The maximum atomic E-state index is 3.37. The van der Waals surface area contributed by atoms with Crippen LogP contribution in [0.3, 0.4) is 0 Å². The second kappa shape index (κ2) is 3.95. The minimum atomic E-state index is 0.742. The fraction of sp³-hybridized carbons (Fsp3) is 1.00. The molecule has 2 aliphatic rings. The number of hydrogen-bond acceptors (Lipinski definition) is 3. The van der Waals surface area contributed by atoms with E-state index in [-0.39, 0.29) is 0 Å². The zero-order chi connectivity index (χ0) is 9.26. The van der Waals surface area contributed by atoms with Crippen molar-refractivity contribution in [1.82, 2.24) is 15.1 Å². The Bertz CT molecular complexity index is 172. The zero-order valence-corrected chi connectivity index (χ0v) is 8.79. The molecule has 0 amide bonds. The van der Waals surface area contributed by atoms with E-state index in [1.165, 1.54) is 39.0 Å². The van der Waals surface area contributed by atoms with Gasteiger partial charge in [0.05, 0.1) is 0 Å². The number of nitrogens with zero attached hydrogens (tertiary/aromatic N) is 2. The summed E-state index contributed by atoms with van der Waals surface area (Å²) in [5.74, 6) is 0. The Morgan fingerprint density at radius 2 is 2.00 bits per heavy atom. The van der Waals surface area contributed by atoms with Crippen molar-refractivity contribution in [3.63, 3.8) is 0 Å². The topological polar surface area (TPSA) is 18.5 Å². The van der Waals surface area contributed by atoms with Crippen molar-refractivity contribution in [1.29, 1.82) is 0 Å². The molecule has 3 heteroatoms. The molecule has 2 atom stereocenters. The quantitative estimate of drug-likeness (QED) is 0.649. The molecule has 0 bridgehead atoms. The Balaban J connectivity index is 1.82. The lowest BCUT2D eigenvalue weighted by molar-refractivity contribution is 0.237. The highest BCUT2D eigenvalue weighted by molar-refractivity contribution is 4.88. The van der Waals surface area contributed by atoms with Gasteiger partial charge >= 0.3 is 0 Å². The third kappa shape index (κ3) is 2.03. The smallest absolute Gasteiger partial charge is 0.0235 e. The van der Waals surface area contributed by atoms with Crippen molar-refractivity contribution in [2.75, 3.05) is 40.3 Å². The second-order valence-corrected chi connectivity index (χ2v) is 4.47. The molecule has 0 aliphatic carbocycles. The molecule has 76 valence electrons. The molecule has 0 aromatic rings. The van der Waals surface area contributed by atoms with Crippen LogP contribution in [0.5, 0.6) is 0 Å². The van der Waals surface area contributed by atoms with E-state index in [1.807, 2.05) is 0 Å². The average Bonchev–Trinajstić information content (AvgIpc) is 2.71. The Hall–Kier alpha value is -0.120. The maximum absolute atomic E-state index is 3.37. The molecule has 0 saturated carbocycles. The molecule has 0 aromatic heterocycles. The van der Waals surface area contributed by atoms with E-state index in [0.717, 1.165) is 12.1 Å². The summed E-state index contributed by atoms with van der Waals surface area (Å²) in [5, 5.41) is 3.37. The van der Waals surface area contributed by atoms with Crippen LogP contribution in [0, 0.1) is 0 Å². The van der Waals surface area contributed by atoms with Crippen LogP contribution in [-0.2, 0) is 0 Å². The van der Waals surface area contributed by atoms with Gasteiger partial charge in [0.25, 0.3) is 0 Å². The van der Waals surface area contributed by atoms with E-state index < -0.39 is 0 Å². The van der Waals surface area contributed by atoms with Crippen LogP contribution in [-0.4, -0.2) is 62.2 Å². The lowest BCUT2D eigenvalue weighted by atomic mass is 10.2. The van der Waals surface area contributed by atoms with Gasteiger partial charge in [-0.3, -0.25) is 4.90 Å². The van der Waals surface area contributed by atoms with Gasteiger partial charge in [-0.05, 0) is 33.5 Å². The highest BCUT2D eigenvalue weighted by Crippen LogP contribution is 2.19. The van der Waals surface area contributed by atoms with Crippen LogP contribution in [0.2, 0.25) is 0 Å². The Morgan fingerprint density at radius 3 is 2.54 bits per heavy atom. The van der Waals surface area contributed by atoms with E-state index in [2.05, 4.69) is 29.2 Å². The molecule has 0 spiro atoms. The first-order chi connectivity index (χ1) is 6.29. The SMILES string of the molecule is CNC1CCN(C2CCN(C)C2)C1. The van der Waals surface area contributed by atoms with Crippen LogP contribution in [0.1, 0.15) is 12.8 Å². The molecule has 2 fully saturated rings. The number of hydrogen-bond donors (Lipinski definition) is 1. The van der Waals surface area contributed by atoms with Gasteiger partial charge in [0.15, 0.2) is 0 Å². The van der Waals surface area contributed by atoms with E-state index in [1.54, 1.807) is 0 Å². The molecule has 13 heavy (non-hydrogen) atoms. The van der Waals surface area contributed by atoms with E-state index in [0.29, 0.717) is 0 Å². The lowest BCUT2D eigenvalue weighted by Gasteiger charge is -2.23.